The summed E-state index contributed by atoms with van der Waals surface area (Å²) < 4.78 is 1.96. The lowest BCUT2D eigenvalue weighted by Crippen LogP contribution is -2.44. The first-order valence-corrected chi connectivity index (χ1v) is 13.0. The normalized spacial score (nSPS) is 26.1. The van der Waals surface area contributed by atoms with Gasteiger partial charge in [-0.25, -0.2) is 4.98 Å². The molecule has 4 rings (SSSR count). The van der Waals surface area contributed by atoms with Gasteiger partial charge in [0.15, 0.2) is 0 Å². The fraction of sp³-hybridized carbons (Fsp3) is 0.667. The topological polar surface area (TPSA) is 88.0 Å². The molecular formula is C27H41N5O. The van der Waals surface area contributed by atoms with Gasteiger partial charge in [0, 0.05) is 24.5 Å². The number of nitrogens with two attached hydrogens (primary N) is 1. The highest BCUT2D eigenvalue weighted by atomic mass is 16.1. The molecule has 0 spiro atoms. The number of benzene rings is 1. The SMILES string of the molecule is C[C@@H]1CCC[C@H](C)N1CCCCCn1c(=O)c(CC2CCC(C(=N)N)C2)nc2ccccc21. The average molecular weight is 452 g/mol. The lowest BCUT2D eigenvalue weighted by atomic mass is 9.97. The van der Waals surface area contributed by atoms with Crippen LogP contribution < -0.4 is 11.3 Å². The van der Waals surface area contributed by atoms with Crippen LogP contribution in [-0.2, 0) is 13.0 Å². The highest BCUT2D eigenvalue weighted by Gasteiger charge is 2.28. The molecule has 1 aromatic carbocycles. The van der Waals surface area contributed by atoms with Crippen LogP contribution in [0.1, 0.15) is 77.3 Å². The summed E-state index contributed by atoms with van der Waals surface area (Å²) in [6, 6.07) is 9.42. The highest BCUT2D eigenvalue weighted by molar-refractivity contribution is 5.79. The minimum absolute atomic E-state index is 0.0678. The molecule has 2 fully saturated rings. The second kappa shape index (κ2) is 10.8. The molecular weight excluding hydrogens is 410 g/mol. The van der Waals surface area contributed by atoms with Crippen molar-refractivity contribution in [2.45, 2.75) is 96.7 Å². The van der Waals surface area contributed by atoms with Gasteiger partial charge in [-0.2, -0.15) is 0 Å². The van der Waals surface area contributed by atoms with Crippen LogP contribution in [0.25, 0.3) is 11.0 Å². The fourth-order valence-electron chi connectivity index (χ4n) is 6.07. The lowest BCUT2D eigenvalue weighted by Gasteiger charge is -2.39. The first-order valence-electron chi connectivity index (χ1n) is 13.0. The summed E-state index contributed by atoms with van der Waals surface area (Å²) in [4.78, 5) is 20.8. The molecule has 180 valence electrons. The quantitative estimate of drug-likeness (QED) is 0.328. The van der Waals surface area contributed by atoms with Gasteiger partial charge in [-0.05, 0) is 89.8 Å². The van der Waals surface area contributed by atoms with Crippen molar-refractivity contribution < 1.29 is 0 Å². The van der Waals surface area contributed by atoms with Crippen molar-refractivity contribution in [1.82, 2.24) is 14.5 Å². The van der Waals surface area contributed by atoms with Gasteiger partial charge in [-0.15, -0.1) is 0 Å². The zero-order chi connectivity index (χ0) is 23.4. The van der Waals surface area contributed by atoms with Crippen molar-refractivity contribution in [3.63, 3.8) is 0 Å². The summed E-state index contributed by atoms with van der Waals surface area (Å²) in [5.74, 6) is 0.847. The first kappa shape index (κ1) is 23.9. The van der Waals surface area contributed by atoms with Gasteiger partial charge < -0.3 is 10.3 Å². The maximum Gasteiger partial charge on any atom is 0.272 e. The molecule has 2 unspecified atom stereocenters. The Morgan fingerprint density at radius 2 is 1.79 bits per heavy atom. The molecule has 1 saturated heterocycles. The summed E-state index contributed by atoms with van der Waals surface area (Å²) >= 11 is 0. The van der Waals surface area contributed by atoms with E-state index in [2.05, 4.69) is 18.7 Å². The first-order chi connectivity index (χ1) is 15.9. The summed E-state index contributed by atoms with van der Waals surface area (Å²) in [7, 11) is 0. The molecule has 1 aliphatic carbocycles. The molecule has 2 heterocycles. The van der Waals surface area contributed by atoms with E-state index in [0.717, 1.165) is 49.7 Å². The molecule has 1 aromatic heterocycles. The Bertz CT molecular complexity index is 1010. The van der Waals surface area contributed by atoms with Crippen molar-refractivity contribution in [3.05, 3.63) is 40.3 Å². The van der Waals surface area contributed by atoms with E-state index in [1.54, 1.807) is 0 Å². The molecule has 1 aliphatic heterocycles. The summed E-state index contributed by atoms with van der Waals surface area (Å²) in [6.45, 7) is 6.64. The Kier molecular flexibility index (Phi) is 7.84. The number of aryl methyl sites for hydroxylation is 1. The van der Waals surface area contributed by atoms with Gasteiger partial charge in [-0.3, -0.25) is 15.1 Å². The second-order valence-corrected chi connectivity index (χ2v) is 10.5. The Hall–Kier alpha value is -2.21. The molecule has 1 saturated carbocycles. The van der Waals surface area contributed by atoms with Gasteiger partial charge >= 0.3 is 0 Å². The van der Waals surface area contributed by atoms with Gasteiger partial charge in [-0.1, -0.05) is 25.0 Å². The third-order valence-corrected chi connectivity index (χ3v) is 8.06. The number of para-hydroxylation sites is 2. The fourth-order valence-corrected chi connectivity index (χ4v) is 6.07. The van der Waals surface area contributed by atoms with Crippen molar-refractivity contribution in [3.8, 4) is 0 Å². The number of hydrogen-bond acceptors (Lipinski definition) is 4. The lowest BCUT2D eigenvalue weighted by molar-refractivity contribution is 0.101. The van der Waals surface area contributed by atoms with E-state index >= 15 is 0 Å². The van der Waals surface area contributed by atoms with E-state index < -0.39 is 0 Å². The molecule has 0 amide bonds. The Morgan fingerprint density at radius 3 is 2.52 bits per heavy atom. The number of nitrogens with zero attached hydrogens (tertiary/aromatic N) is 3. The molecule has 3 N–H and O–H groups in total. The van der Waals surface area contributed by atoms with Gasteiger partial charge in [0.1, 0.15) is 5.69 Å². The van der Waals surface area contributed by atoms with Crippen LogP contribution in [0.3, 0.4) is 0 Å². The number of amidine groups is 1. The van der Waals surface area contributed by atoms with E-state index in [0.29, 0.717) is 30.1 Å². The molecule has 0 radical (unpaired) electrons. The Labute approximate surface area is 198 Å². The second-order valence-electron chi connectivity index (χ2n) is 10.5. The largest absolute Gasteiger partial charge is 0.387 e. The molecule has 6 heteroatoms. The highest BCUT2D eigenvalue weighted by Crippen LogP contribution is 2.32. The minimum Gasteiger partial charge on any atom is -0.387 e. The minimum atomic E-state index is 0.0678. The average Bonchev–Trinajstić information content (AvgIpc) is 3.26. The summed E-state index contributed by atoms with van der Waals surface area (Å²) in [5, 5.41) is 7.74. The summed E-state index contributed by atoms with van der Waals surface area (Å²) in [6.07, 6.45) is 10.9. The maximum absolute atomic E-state index is 13.4. The molecule has 2 aliphatic rings. The van der Waals surface area contributed by atoms with Crippen molar-refractivity contribution in [2.75, 3.05) is 6.54 Å². The number of hydrogen-bond donors (Lipinski definition) is 2. The predicted molar refractivity (Wildman–Crippen MR) is 136 cm³/mol. The van der Waals surface area contributed by atoms with Crippen LogP contribution in [0.2, 0.25) is 0 Å². The number of nitrogens with one attached hydrogen (secondary N) is 1. The van der Waals surface area contributed by atoms with Crippen LogP contribution in [0.4, 0.5) is 0 Å². The number of piperidine rings is 1. The van der Waals surface area contributed by atoms with Crippen LogP contribution in [-0.4, -0.2) is 38.9 Å². The number of unbranched alkanes of at least 4 members (excludes halogenated alkanes) is 2. The number of rotatable bonds is 9. The number of aromatic nitrogens is 2. The standard InChI is InChI=1S/C27H41N5O/c1-19-9-8-10-20(2)31(19)15-6-3-7-16-32-25-12-5-4-11-23(25)30-24(27(32)33)18-21-13-14-22(17-21)26(28)29/h4-5,11-12,19-22H,3,6-10,13-18H2,1-2H3,(H3,28,29)/t19-,20+,21?,22?. The van der Waals surface area contributed by atoms with Crippen molar-refractivity contribution in [2.24, 2.45) is 17.6 Å². The monoisotopic (exact) mass is 451 g/mol. The molecule has 6 nitrogen and oxygen atoms in total. The predicted octanol–water partition coefficient (Wildman–Crippen LogP) is 4.72. The van der Waals surface area contributed by atoms with Crippen LogP contribution in [0, 0.1) is 17.2 Å². The number of likely N-dealkylation sites (tertiary alicyclic amines) is 1. The van der Waals surface area contributed by atoms with E-state index in [1.165, 1.54) is 32.2 Å². The zero-order valence-electron chi connectivity index (χ0n) is 20.4. The Morgan fingerprint density at radius 1 is 1.06 bits per heavy atom. The van der Waals surface area contributed by atoms with Gasteiger partial charge in [0.25, 0.3) is 5.56 Å². The van der Waals surface area contributed by atoms with Crippen LogP contribution in [0.15, 0.2) is 29.1 Å². The smallest absolute Gasteiger partial charge is 0.272 e. The van der Waals surface area contributed by atoms with Crippen LogP contribution in [0.5, 0.6) is 0 Å². The number of fused-ring (bicyclic) bond motifs is 1. The third-order valence-electron chi connectivity index (χ3n) is 8.06. The zero-order valence-corrected chi connectivity index (χ0v) is 20.4. The molecule has 4 atom stereocenters. The third kappa shape index (κ3) is 5.65. The van der Waals surface area contributed by atoms with E-state index in [1.807, 2.05) is 28.8 Å². The maximum atomic E-state index is 13.4. The summed E-state index contributed by atoms with van der Waals surface area (Å²) in [5.41, 5.74) is 8.32. The van der Waals surface area contributed by atoms with E-state index in [9.17, 15) is 4.79 Å². The van der Waals surface area contributed by atoms with Crippen molar-refractivity contribution >= 4 is 16.9 Å². The van der Waals surface area contributed by atoms with Crippen LogP contribution >= 0.6 is 0 Å². The molecule has 0 bridgehead atoms. The van der Waals surface area contributed by atoms with Gasteiger partial charge in [0.2, 0.25) is 0 Å². The van der Waals surface area contributed by atoms with E-state index in [-0.39, 0.29) is 17.3 Å². The molecule has 2 aromatic rings. The molecule has 33 heavy (non-hydrogen) atoms. The van der Waals surface area contributed by atoms with Gasteiger partial charge in [0.05, 0.1) is 16.9 Å². The Balaban J connectivity index is 1.40. The van der Waals surface area contributed by atoms with E-state index in [4.69, 9.17) is 16.1 Å². The van der Waals surface area contributed by atoms with Crippen molar-refractivity contribution in [1.29, 1.82) is 5.41 Å².